The average molecular weight is 1090 g/mol. The minimum Gasteiger partial charge on any atom is -0.496 e. The van der Waals surface area contributed by atoms with Gasteiger partial charge in [-0.05, 0) is 112 Å². The molecule has 7 rings (SSSR count). The van der Waals surface area contributed by atoms with E-state index in [1.807, 2.05) is 64.1 Å². The van der Waals surface area contributed by atoms with Crippen molar-refractivity contribution >= 4 is 85.9 Å². The first-order valence-corrected chi connectivity index (χ1v) is 27.8. The van der Waals surface area contributed by atoms with Crippen LogP contribution < -0.4 is 20.1 Å². The summed E-state index contributed by atoms with van der Waals surface area (Å²) in [6, 6.07) is 21.0. The summed E-state index contributed by atoms with van der Waals surface area (Å²) in [5.41, 5.74) is 2.62. The van der Waals surface area contributed by atoms with Gasteiger partial charge in [0.15, 0.2) is 29.7 Å². The molecule has 0 saturated heterocycles. The molecule has 418 valence electrons. The number of aromatic nitrogens is 2. The van der Waals surface area contributed by atoms with Crippen LogP contribution in [0.15, 0.2) is 78.9 Å². The van der Waals surface area contributed by atoms with Crippen molar-refractivity contribution in [3.8, 4) is 11.5 Å². The highest BCUT2D eigenvalue weighted by molar-refractivity contribution is 6.28. The van der Waals surface area contributed by atoms with Crippen molar-refractivity contribution < 1.29 is 57.4 Å². The number of methoxy groups -OCH3 is 2. The van der Waals surface area contributed by atoms with E-state index in [2.05, 4.69) is 20.6 Å². The molecule has 2 aliphatic rings. The molecule has 0 radical (unpaired) electrons. The smallest absolute Gasteiger partial charge is 0.338 e. The molecule has 0 bridgehead atoms. The third-order valence-electron chi connectivity index (χ3n) is 14.7. The second kappa shape index (κ2) is 29.2. The SMILES string of the molecule is COc1cccc2[nH]c(C(=O)C[C@@H](CC(C)C)C(=O)N[C@@H](C[C@@H]3CCCCC3=O)C(=O)CCl)cc12.COc1cccc2[nH]c(C(=O)C[C@@H](CC(C)C)C(=O)N[C@@H](C[C@@H]3CCCCC3=O)C(=O)COC(=O)c3ccccc3)cc12. The zero-order chi connectivity index (χ0) is 56.5. The number of fused-ring (bicyclic) bond motifs is 2. The van der Waals surface area contributed by atoms with Crippen LogP contribution in [-0.2, 0) is 33.5 Å². The Morgan fingerprint density at radius 2 is 1.05 bits per heavy atom. The standard InChI is InChI=1S/C34H40N2O7.C27H35ClN2O5/c1-21(2)16-24(18-30(38)28-19-25-26(35-28)13-9-15-32(25)42-3)33(40)36-27(17-23-12-7-8-14-29(23)37)31(39)20-43-34(41)22-10-5-4-6-11-22;1-16(2)11-18(13-24(32)22-14-19-20(29-22)8-6-10-26(19)35-3)27(34)30-21(25(33)15-28)12-17-7-4-5-9-23(17)31/h4-6,9-11,13,15,19,21,23-24,27,35H,7-8,12,14,16-18,20H2,1-3H3,(H,36,40);6,8,10,14,16-18,21,29H,4-5,7,9,11-13,15H2,1-3H3,(H,30,34)/t23-,24+,27-;17-,18+,21-/m00/s1. The Morgan fingerprint density at radius 1 is 0.603 bits per heavy atom. The Bertz CT molecular complexity index is 2920. The largest absolute Gasteiger partial charge is 0.496 e. The zero-order valence-corrected chi connectivity index (χ0v) is 46.5. The predicted octanol–water partition coefficient (Wildman–Crippen LogP) is 10.3. The molecule has 2 heterocycles. The molecule has 6 atom stereocenters. The van der Waals surface area contributed by atoms with Gasteiger partial charge >= 0.3 is 5.97 Å². The van der Waals surface area contributed by atoms with Gasteiger partial charge in [-0.2, -0.15) is 0 Å². The van der Waals surface area contributed by atoms with Gasteiger partial charge in [0.25, 0.3) is 0 Å². The highest BCUT2D eigenvalue weighted by atomic mass is 35.5. The molecule has 2 saturated carbocycles. The van der Waals surface area contributed by atoms with Gasteiger partial charge in [-0.25, -0.2) is 4.79 Å². The van der Waals surface area contributed by atoms with Crippen molar-refractivity contribution in [1.82, 2.24) is 20.6 Å². The Hall–Kier alpha value is -6.94. The number of esters is 1. The van der Waals surface area contributed by atoms with E-state index in [-0.39, 0.29) is 90.1 Å². The zero-order valence-electron chi connectivity index (χ0n) is 45.7. The number of Topliss-reactive ketones (excluding diaryl/α,β-unsaturated/α-hetero) is 6. The van der Waals surface area contributed by atoms with Crippen molar-refractivity contribution in [3.05, 3.63) is 95.8 Å². The molecule has 2 aliphatic carbocycles. The minimum absolute atomic E-state index is 0.00327. The van der Waals surface area contributed by atoms with Gasteiger partial charge in [-0.15, -0.1) is 11.6 Å². The molecule has 2 fully saturated rings. The topological polar surface area (TPSA) is 237 Å². The summed E-state index contributed by atoms with van der Waals surface area (Å²) in [6.07, 6.45) is 7.06. The van der Waals surface area contributed by atoms with Crippen LogP contribution in [0, 0.1) is 35.5 Å². The van der Waals surface area contributed by atoms with Gasteiger partial charge in [0.05, 0.1) is 49.1 Å². The fraction of sp³-hybridized carbons (Fsp3) is 0.492. The van der Waals surface area contributed by atoms with E-state index in [0.717, 1.165) is 53.9 Å². The third-order valence-corrected chi connectivity index (χ3v) is 15.0. The molecule has 0 spiro atoms. The molecule has 0 unspecified atom stereocenters. The number of aromatic amines is 2. The summed E-state index contributed by atoms with van der Waals surface area (Å²) in [4.78, 5) is 123. The highest BCUT2D eigenvalue weighted by Gasteiger charge is 2.35. The summed E-state index contributed by atoms with van der Waals surface area (Å²) in [5, 5.41) is 7.24. The maximum absolute atomic E-state index is 13.7. The van der Waals surface area contributed by atoms with Crippen LogP contribution in [0.5, 0.6) is 11.5 Å². The fourth-order valence-electron chi connectivity index (χ4n) is 10.6. The molecule has 5 aromatic rings. The van der Waals surface area contributed by atoms with Crippen LogP contribution >= 0.6 is 11.6 Å². The van der Waals surface area contributed by atoms with Gasteiger partial charge in [0, 0.05) is 71.2 Å². The third kappa shape index (κ3) is 16.8. The maximum Gasteiger partial charge on any atom is 0.338 e. The number of ketones is 6. The molecule has 2 amide bonds. The van der Waals surface area contributed by atoms with Crippen LogP contribution in [0.1, 0.15) is 149 Å². The van der Waals surface area contributed by atoms with Crippen molar-refractivity contribution in [2.45, 2.75) is 130 Å². The lowest BCUT2D eigenvalue weighted by Crippen LogP contribution is -2.47. The van der Waals surface area contributed by atoms with E-state index in [1.165, 1.54) is 0 Å². The van der Waals surface area contributed by atoms with Crippen LogP contribution in [0.3, 0.4) is 0 Å². The van der Waals surface area contributed by atoms with Crippen LogP contribution in [0.4, 0.5) is 0 Å². The minimum atomic E-state index is -1.02. The number of rotatable bonds is 26. The lowest BCUT2D eigenvalue weighted by molar-refractivity contribution is -0.133. The van der Waals surface area contributed by atoms with Crippen LogP contribution in [-0.4, -0.2) is 101 Å². The summed E-state index contributed by atoms with van der Waals surface area (Å²) < 4.78 is 16.1. The number of H-pyrrole nitrogens is 2. The first-order chi connectivity index (χ1) is 37.4. The molecule has 3 aromatic carbocycles. The number of amides is 2. The van der Waals surface area contributed by atoms with Gasteiger partial charge in [0.2, 0.25) is 11.8 Å². The van der Waals surface area contributed by atoms with Gasteiger partial charge < -0.3 is 34.8 Å². The molecule has 4 N–H and O–H groups in total. The maximum atomic E-state index is 13.7. The summed E-state index contributed by atoms with van der Waals surface area (Å²) in [7, 11) is 3.14. The monoisotopic (exact) mass is 1090 g/mol. The van der Waals surface area contributed by atoms with Gasteiger partial charge in [0.1, 0.15) is 23.1 Å². The molecule has 16 nitrogen and oxygen atoms in total. The van der Waals surface area contributed by atoms with E-state index in [4.69, 9.17) is 25.8 Å². The number of nitrogens with one attached hydrogen (secondary N) is 4. The van der Waals surface area contributed by atoms with E-state index in [1.54, 1.807) is 56.7 Å². The van der Waals surface area contributed by atoms with Crippen molar-refractivity contribution in [1.29, 1.82) is 0 Å². The van der Waals surface area contributed by atoms with Crippen molar-refractivity contribution in [3.63, 3.8) is 0 Å². The van der Waals surface area contributed by atoms with E-state index in [0.29, 0.717) is 60.6 Å². The summed E-state index contributed by atoms with van der Waals surface area (Å²) >= 11 is 5.82. The van der Waals surface area contributed by atoms with E-state index < -0.39 is 48.2 Å². The molecule has 17 heteroatoms. The molecular weight excluding hydrogens is 1020 g/mol. The van der Waals surface area contributed by atoms with Gasteiger partial charge in [-0.3, -0.25) is 38.4 Å². The first-order valence-electron chi connectivity index (χ1n) is 27.3. The highest BCUT2D eigenvalue weighted by Crippen LogP contribution is 2.31. The Labute approximate surface area is 461 Å². The van der Waals surface area contributed by atoms with Crippen molar-refractivity contribution in [2.24, 2.45) is 35.5 Å². The lowest BCUT2D eigenvalue weighted by Gasteiger charge is -2.27. The number of carbonyl (C=O) groups is 9. The first kappa shape index (κ1) is 60.3. The number of alkyl halides is 1. The van der Waals surface area contributed by atoms with E-state index >= 15 is 0 Å². The number of hydrogen-bond acceptors (Lipinski definition) is 12. The number of halogens is 1. The van der Waals surface area contributed by atoms with E-state index in [9.17, 15) is 43.2 Å². The Balaban J connectivity index is 0.000000258. The summed E-state index contributed by atoms with van der Waals surface area (Å²) in [6.45, 7) is 7.36. The molecule has 78 heavy (non-hydrogen) atoms. The quantitative estimate of drug-likeness (QED) is 0.0230. The summed E-state index contributed by atoms with van der Waals surface area (Å²) in [5.74, 6) is -3.04. The van der Waals surface area contributed by atoms with Gasteiger partial charge in [-0.1, -0.05) is 70.9 Å². The molecular formula is C61H75ClN4O12. The van der Waals surface area contributed by atoms with Crippen LogP contribution in [0.25, 0.3) is 21.8 Å². The Kier molecular flexibility index (Phi) is 22.5. The molecule has 2 aromatic heterocycles. The lowest BCUT2D eigenvalue weighted by atomic mass is 9.82. The Morgan fingerprint density at radius 3 is 1.46 bits per heavy atom. The normalized spacial score (nSPS) is 17.1. The number of hydrogen-bond donors (Lipinski definition) is 4. The number of ether oxygens (including phenoxy) is 3. The fourth-order valence-corrected chi connectivity index (χ4v) is 10.8. The number of carbonyl (C=O) groups excluding carboxylic acids is 9. The number of benzene rings is 3. The average Bonchev–Trinajstić information content (AvgIpc) is 4.11. The van der Waals surface area contributed by atoms with Crippen molar-refractivity contribution in [2.75, 3.05) is 26.7 Å². The predicted molar refractivity (Wildman–Crippen MR) is 298 cm³/mol. The van der Waals surface area contributed by atoms with Crippen LogP contribution in [0.2, 0.25) is 0 Å². The second-order valence-electron chi connectivity index (χ2n) is 21.5. The second-order valence-corrected chi connectivity index (χ2v) is 21.8. The molecule has 0 aliphatic heterocycles.